The smallest absolute Gasteiger partial charge is 0.407 e. The number of carbonyl (C=O) groups is 1. The standard InChI is InChI=1S/C24H27F2N3O5/c1-14(28-22(30)34-23(2,3)4)12-32-20-9-19-18(11-27-20)29-21(33-19)15-5-7-17(8-6-15)31-13-16-10-24(16,25)26/h5-9,11,14,16H,10,12-13H2,1-4H3,(H,28,30)/t14-,16+/m0/s1. The third-order valence-electron chi connectivity index (χ3n) is 5.00. The van der Waals surface area contributed by atoms with E-state index in [1.54, 1.807) is 58.0 Å². The van der Waals surface area contributed by atoms with Crippen molar-refractivity contribution in [1.29, 1.82) is 0 Å². The minimum Gasteiger partial charge on any atom is -0.493 e. The Kier molecular flexibility index (Phi) is 6.33. The molecule has 1 N–H and O–H groups in total. The second-order valence-corrected chi connectivity index (χ2v) is 9.37. The number of oxazole rings is 1. The molecule has 4 rings (SSSR count). The minimum atomic E-state index is -2.60. The number of alkyl carbamates (subject to hydrolysis) is 1. The van der Waals surface area contributed by atoms with Crippen molar-refractivity contribution in [2.24, 2.45) is 5.92 Å². The third kappa shape index (κ3) is 6.12. The van der Waals surface area contributed by atoms with E-state index in [4.69, 9.17) is 18.6 Å². The normalized spacial score (nSPS) is 17.8. The van der Waals surface area contributed by atoms with Gasteiger partial charge in [-0.3, -0.25) is 0 Å². The van der Waals surface area contributed by atoms with Gasteiger partial charge in [-0.2, -0.15) is 0 Å². The van der Waals surface area contributed by atoms with Gasteiger partial charge in [-0.15, -0.1) is 0 Å². The largest absolute Gasteiger partial charge is 0.493 e. The van der Waals surface area contributed by atoms with Gasteiger partial charge in [0.1, 0.15) is 23.5 Å². The number of amides is 1. The van der Waals surface area contributed by atoms with Crippen molar-refractivity contribution in [3.05, 3.63) is 36.5 Å². The highest BCUT2D eigenvalue weighted by atomic mass is 19.3. The molecule has 1 aliphatic rings. The molecule has 1 fully saturated rings. The van der Waals surface area contributed by atoms with Crippen LogP contribution in [0.1, 0.15) is 34.1 Å². The van der Waals surface area contributed by atoms with E-state index in [1.165, 1.54) is 6.20 Å². The van der Waals surface area contributed by atoms with E-state index < -0.39 is 23.5 Å². The maximum absolute atomic E-state index is 13.0. The first-order valence-corrected chi connectivity index (χ1v) is 11.0. The summed E-state index contributed by atoms with van der Waals surface area (Å²) in [7, 11) is 0. The Bertz CT molecular complexity index is 1160. The Balaban J connectivity index is 1.33. The van der Waals surface area contributed by atoms with E-state index in [-0.39, 0.29) is 25.7 Å². The zero-order valence-corrected chi connectivity index (χ0v) is 19.4. The van der Waals surface area contributed by atoms with Crippen LogP contribution in [0.15, 0.2) is 40.9 Å². The highest BCUT2D eigenvalue weighted by molar-refractivity contribution is 5.76. The van der Waals surface area contributed by atoms with Gasteiger partial charge in [-0.25, -0.2) is 23.5 Å². The fraction of sp³-hybridized carbons (Fsp3) is 0.458. The molecule has 1 saturated carbocycles. The lowest BCUT2D eigenvalue weighted by molar-refractivity contribution is 0.0493. The number of benzene rings is 1. The number of aromatic nitrogens is 2. The van der Waals surface area contributed by atoms with Gasteiger partial charge in [-0.05, 0) is 52.0 Å². The van der Waals surface area contributed by atoms with Gasteiger partial charge < -0.3 is 23.9 Å². The molecule has 1 aromatic carbocycles. The van der Waals surface area contributed by atoms with Crippen LogP contribution in [-0.2, 0) is 4.74 Å². The number of hydrogen-bond donors (Lipinski definition) is 1. The molecular formula is C24H27F2N3O5. The summed E-state index contributed by atoms with van der Waals surface area (Å²) < 4.78 is 48.1. The second kappa shape index (κ2) is 9.08. The monoisotopic (exact) mass is 475 g/mol. The van der Waals surface area contributed by atoms with E-state index in [0.717, 1.165) is 0 Å². The highest BCUT2D eigenvalue weighted by Gasteiger charge is 2.57. The summed E-state index contributed by atoms with van der Waals surface area (Å²) in [5, 5.41) is 2.70. The summed E-state index contributed by atoms with van der Waals surface area (Å²) in [6.45, 7) is 7.35. The molecule has 34 heavy (non-hydrogen) atoms. The van der Waals surface area contributed by atoms with Crippen molar-refractivity contribution in [1.82, 2.24) is 15.3 Å². The van der Waals surface area contributed by atoms with Crippen molar-refractivity contribution in [3.63, 3.8) is 0 Å². The van der Waals surface area contributed by atoms with Gasteiger partial charge in [0, 0.05) is 18.1 Å². The zero-order chi connectivity index (χ0) is 24.5. The fourth-order valence-corrected chi connectivity index (χ4v) is 3.12. The van der Waals surface area contributed by atoms with Gasteiger partial charge in [-0.1, -0.05) is 0 Å². The zero-order valence-electron chi connectivity index (χ0n) is 19.4. The number of rotatable bonds is 8. The predicted octanol–water partition coefficient (Wildman–Crippen LogP) is 5.22. The number of pyridine rings is 1. The number of ether oxygens (including phenoxy) is 3. The number of nitrogens with one attached hydrogen (secondary N) is 1. The molecule has 0 aliphatic heterocycles. The maximum atomic E-state index is 13.0. The number of fused-ring (bicyclic) bond motifs is 1. The first-order chi connectivity index (χ1) is 16.0. The SMILES string of the molecule is C[C@@H](COc1cc2oc(-c3ccc(OC[C@H]4CC4(F)F)cc3)nc2cn1)NC(=O)OC(C)(C)C. The molecule has 0 bridgehead atoms. The molecule has 2 heterocycles. The molecule has 8 nitrogen and oxygen atoms in total. The molecule has 182 valence electrons. The third-order valence-corrected chi connectivity index (χ3v) is 5.00. The van der Waals surface area contributed by atoms with Crippen molar-refractivity contribution in [2.45, 2.75) is 51.7 Å². The van der Waals surface area contributed by atoms with Crippen LogP contribution in [0.5, 0.6) is 11.6 Å². The average Bonchev–Trinajstić information content (AvgIpc) is 3.15. The molecule has 1 aliphatic carbocycles. The molecule has 0 unspecified atom stereocenters. The topological polar surface area (TPSA) is 95.7 Å². The number of hydrogen-bond acceptors (Lipinski definition) is 7. The van der Waals surface area contributed by atoms with Crippen LogP contribution < -0.4 is 14.8 Å². The molecule has 2 aromatic heterocycles. The summed E-state index contributed by atoms with van der Waals surface area (Å²) in [5.74, 6) is -2.08. The molecule has 0 radical (unpaired) electrons. The number of nitrogens with zero attached hydrogens (tertiary/aromatic N) is 2. The molecule has 1 amide bonds. The first-order valence-electron chi connectivity index (χ1n) is 11.0. The Morgan fingerprint density at radius 3 is 2.62 bits per heavy atom. The Morgan fingerprint density at radius 2 is 1.97 bits per heavy atom. The predicted molar refractivity (Wildman–Crippen MR) is 120 cm³/mol. The minimum absolute atomic E-state index is 0.00437. The summed E-state index contributed by atoms with van der Waals surface area (Å²) in [6.07, 6.45) is 0.901. The quantitative estimate of drug-likeness (QED) is 0.477. The van der Waals surface area contributed by atoms with Crippen LogP contribution in [0, 0.1) is 5.92 Å². The molecule has 0 spiro atoms. The van der Waals surface area contributed by atoms with Gasteiger partial charge in [0.25, 0.3) is 5.92 Å². The Morgan fingerprint density at radius 1 is 1.26 bits per heavy atom. The van der Waals surface area contributed by atoms with Crippen LogP contribution in [-0.4, -0.2) is 46.8 Å². The van der Waals surface area contributed by atoms with Gasteiger partial charge in [0.15, 0.2) is 5.58 Å². The average molecular weight is 475 g/mol. The lowest BCUT2D eigenvalue weighted by Crippen LogP contribution is -2.40. The van der Waals surface area contributed by atoms with Crippen molar-refractivity contribution in [2.75, 3.05) is 13.2 Å². The summed E-state index contributed by atoms with van der Waals surface area (Å²) in [5.41, 5.74) is 1.17. The van der Waals surface area contributed by atoms with Crippen LogP contribution in [0.3, 0.4) is 0 Å². The van der Waals surface area contributed by atoms with Crippen LogP contribution >= 0.6 is 0 Å². The van der Waals surface area contributed by atoms with E-state index in [0.29, 0.717) is 34.2 Å². The van der Waals surface area contributed by atoms with Crippen molar-refractivity contribution < 1.29 is 32.2 Å². The maximum Gasteiger partial charge on any atom is 0.407 e. The van der Waals surface area contributed by atoms with E-state index in [9.17, 15) is 13.6 Å². The van der Waals surface area contributed by atoms with E-state index in [1.807, 2.05) is 0 Å². The number of halogens is 2. The molecule has 3 aromatic rings. The van der Waals surface area contributed by atoms with E-state index in [2.05, 4.69) is 15.3 Å². The van der Waals surface area contributed by atoms with Gasteiger partial charge in [0.2, 0.25) is 11.8 Å². The van der Waals surface area contributed by atoms with Crippen molar-refractivity contribution in [3.8, 4) is 23.1 Å². The highest BCUT2D eigenvalue weighted by Crippen LogP contribution is 2.48. The second-order valence-electron chi connectivity index (χ2n) is 9.37. The number of carbonyl (C=O) groups excluding carboxylic acids is 1. The molecule has 10 heteroatoms. The molecule has 0 saturated heterocycles. The van der Waals surface area contributed by atoms with Crippen LogP contribution in [0.25, 0.3) is 22.6 Å². The van der Waals surface area contributed by atoms with Crippen LogP contribution in [0.2, 0.25) is 0 Å². The Hall–Kier alpha value is -3.43. The van der Waals surface area contributed by atoms with E-state index >= 15 is 0 Å². The van der Waals surface area contributed by atoms with Crippen LogP contribution in [0.4, 0.5) is 13.6 Å². The molecular weight excluding hydrogens is 448 g/mol. The molecule has 2 atom stereocenters. The van der Waals surface area contributed by atoms with Gasteiger partial charge >= 0.3 is 6.09 Å². The lowest BCUT2D eigenvalue weighted by atomic mass is 10.2. The summed E-state index contributed by atoms with van der Waals surface area (Å²) in [6, 6.07) is 8.20. The fourth-order valence-electron chi connectivity index (χ4n) is 3.12. The summed E-state index contributed by atoms with van der Waals surface area (Å²) >= 11 is 0. The van der Waals surface area contributed by atoms with Gasteiger partial charge in [0.05, 0.1) is 24.8 Å². The Labute approximate surface area is 195 Å². The number of alkyl halides is 2. The lowest BCUT2D eigenvalue weighted by Gasteiger charge is -2.21. The summed E-state index contributed by atoms with van der Waals surface area (Å²) in [4.78, 5) is 20.5. The first kappa shape index (κ1) is 23.7. The van der Waals surface area contributed by atoms with Crippen molar-refractivity contribution >= 4 is 17.2 Å².